The summed E-state index contributed by atoms with van der Waals surface area (Å²) in [6.45, 7) is 0. The maximum absolute atomic E-state index is 12.0. The first-order valence-corrected chi connectivity index (χ1v) is 6.62. The molecule has 104 valence electrons. The topological polar surface area (TPSA) is 90.2 Å². The molecule has 1 amide bonds. The summed E-state index contributed by atoms with van der Waals surface area (Å²) in [4.78, 5) is 22.9. The number of rotatable bonds is 3. The summed E-state index contributed by atoms with van der Waals surface area (Å²) in [5, 5.41) is 20.7. The molecular formula is C14H13ClN2O3. The average Bonchev–Trinajstić information content (AvgIpc) is 2.88. The van der Waals surface area contributed by atoms with Crippen molar-refractivity contribution in [1.82, 2.24) is 0 Å². The lowest BCUT2D eigenvalue weighted by atomic mass is 10.0. The number of nitrogens with zero attached hydrogens (tertiary/aromatic N) is 1. The van der Waals surface area contributed by atoms with E-state index in [0.29, 0.717) is 30.5 Å². The number of carboxylic acids is 1. The zero-order valence-corrected chi connectivity index (χ0v) is 11.4. The molecule has 0 radical (unpaired) electrons. The molecule has 2 unspecified atom stereocenters. The highest BCUT2D eigenvalue weighted by Gasteiger charge is 2.33. The maximum atomic E-state index is 12.0. The predicted molar refractivity (Wildman–Crippen MR) is 73.3 cm³/mol. The highest BCUT2D eigenvalue weighted by Crippen LogP contribution is 2.32. The number of carbonyl (C=O) groups excluding carboxylic acids is 1. The summed E-state index contributed by atoms with van der Waals surface area (Å²) in [6.07, 6.45) is 1.47. The SMILES string of the molecule is N#Cc1ccc(NC(=O)C2CCC(C(=O)O)C2)cc1Cl. The lowest BCUT2D eigenvalue weighted by molar-refractivity contribution is -0.141. The van der Waals surface area contributed by atoms with E-state index in [-0.39, 0.29) is 16.8 Å². The van der Waals surface area contributed by atoms with E-state index in [1.165, 1.54) is 12.1 Å². The van der Waals surface area contributed by atoms with E-state index in [1.807, 2.05) is 6.07 Å². The number of nitrogens with one attached hydrogen (secondary N) is 1. The highest BCUT2D eigenvalue weighted by atomic mass is 35.5. The van der Waals surface area contributed by atoms with Crippen LogP contribution >= 0.6 is 11.6 Å². The van der Waals surface area contributed by atoms with Crippen LogP contribution in [0.3, 0.4) is 0 Å². The van der Waals surface area contributed by atoms with Gasteiger partial charge in [0.1, 0.15) is 6.07 Å². The van der Waals surface area contributed by atoms with Crippen LogP contribution in [0.2, 0.25) is 5.02 Å². The minimum atomic E-state index is -0.846. The van der Waals surface area contributed by atoms with Crippen LogP contribution in [0.5, 0.6) is 0 Å². The van der Waals surface area contributed by atoms with E-state index < -0.39 is 11.9 Å². The van der Waals surface area contributed by atoms with Gasteiger partial charge in [0.2, 0.25) is 5.91 Å². The monoisotopic (exact) mass is 292 g/mol. The lowest BCUT2D eigenvalue weighted by Gasteiger charge is -2.11. The van der Waals surface area contributed by atoms with Crippen LogP contribution in [0.25, 0.3) is 0 Å². The Bertz CT molecular complexity index is 595. The second-order valence-corrected chi connectivity index (χ2v) is 5.25. The van der Waals surface area contributed by atoms with Gasteiger partial charge in [-0.15, -0.1) is 0 Å². The van der Waals surface area contributed by atoms with Crippen molar-refractivity contribution in [3.63, 3.8) is 0 Å². The van der Waals surface area contributed by atoms with Gasteiger partial charge in [-0.3, -0.25) is 9.59 Å². The van der Waals surface area contributed by atoms with Crippen molar-refractivity contribution in [3.05, 3.63) is 28.8 Å². The number of anilines is 1. The third kappa shape index (κ3) is 3.09. The third-order valence-electron chi connectivity index (χ3n) is 3.51. The fourth-order valence-electron chi connectivity index (χ4n) is 2.37. The molecule has 0 bridgehead atoms. The number of hydrogen-bond acceptors (Lipinski definition) is 3. The molecule has 6 heteroatoms. The molecular weight excluding hydrogens is 280 g/mol. The lowest BCUT2D eigenvalue weighted by Crippen LogP contribution is -2.21. The van der Waals surface area contributed by atoms with Crippen molar-refractivity contribution in [1.29, 1.82) is 5.26 Å². The molecule has 0 saturated heterocycles. The number of benzene rings is 1. The molecule has 1 saturated carbocycles. The first kappa shape index (κ1) is 14.4. The fourth-order valence-corrected chi connectivity index (χ4v) is 2.59. The van der Waals surface area contributed by atoms with E-state index in [1.54, 1.807) is 6.07 Å². The van der Waals surface area contributed by atoms with E-state index >= 15 is 0 Å². The molecule has 1 aliphatic rings. The van der Waals surface area contributed by atoms with Crippen LogP contribution in [0.15, 0.2) is 18.2 Å². The van der Waals surface area contributed by atoms with Gasteiger partial charge < -0.3 is 10.4 Å². The molecule has 1 aromatic rings. The van der Waals surface area contributed by atoms with Gasteiger partial charge in [0.05, 0.1) is 16.5 Å². The zero-order chi connectivity index (χ0) is 14.7. The Kier molecular flexibility index (Phi) is 4.26. The number of amides is 1. The first-order chi connectivity index (χ1) is 9.51. The van der Waals surface area contributed by atoms with Crippen molar-refractivity contribution < 1.29 is 14.7 Å². The van der Waals surface area contributed by atoms with Gasteiger partial charge in [0.25, 0.3) is 0 Å². The fraction of sp³-hybridized carbons (Fsp3) is 0.357. The minimum absolute atomic E-state index is 0.200. The Hall–Kier alpha value is -2.06. The van der Waals surface area contributed by atoms with E-state index in [9.17, 15) is 9.59 Å². The predicted octanol–water partition coefficient (Wildman–Crippen LogP) is 2.65. The van der Waals surface area contributed by atoms with E-state index in [2.05, 4.69) is 5.32 Å². The standard InChI is InChI=1S/C14H13ClN2O3/c15-12-6-11(4-3-10(12)7-16)17-13(18)8-1-2-9(5-8)14(19)20/h3-4,6,8-9H,1-2,5H2,(H,17,18)(H,19,20). The smallest absolute Gasteiger partial charge is 0.306 e. The Morgan fingerprint density at radius 1 is 1.35 bits per heavy atom. The van der Waals surface area contributed by atoms with Crippen LogP contribution < -0.4 is 5.32 Å². The van der Waals surface area contributed by atoms with Crippen molar-refractivity contribution in [3.8, 4) is 6.07 Å². The van der Waals surface area contributed by atoms with Crippen molar-refractivity contribution in [2.24, 2.45) is 11.8 Å². The molecule has 2 atom stereocenters. The van der Waals surface area contributed by atoms with Crippen LogP contribution in [0.1, 0.15) is 24.8 Å². The van der Waals surface area contributed by atoms with E-state index in [0.717, 1.165) is 0 Å². The molecule has 1 aromatic carbocycles. The van der Waals surface area contributed by atoms with Gasteiger partial charge in [-0.25, -0.2) is 0 Å². The Balaban J connectivity index is 2.01. The van der Waals surface area contributed by atoms with Crippen molar-refractivity contribution in [2.45, 2.75) is 19.3 Å². The number of halogens is 1. The number of hydrogen-bond donors (Lipinski definition) is 2. The van der Waals surface area contributed by atoms with Crippen LogP contribution in [-0.4, -0.2) is 17.0 Å². The summed E-state index contributed by atoms with van der Waals surface area (Å²) in [6, 6.07) is 6.59. The van der Waals surface area contributed by atoms with Crippen LogP contribution in [0, 0.1) is 23.2 Å². The summed E-state index contributed by atoms with van der Waals surface area (Å²) in [5.41, 5.74) is 0.856. The Morgan fingerprint density at radius 2 is 2.05 bits per heavy atom. The summed E-state index contributed by atoms with van der Waals surface area (Å²) >= 11 is 5.89. The van der Waals surface area contributed by atoms with Crippen LogP contribution in [0.4, 0.5) is 5.69 Å². The van der Waals surface area contributed by atoms with Crippen LogP contribution in [-0.2, 0) is 9.59 Å². The normalized spacial score (nSPS) is 21.2. The summed E-state index contributed by atoms with van der Waals surface area (Å²) in [5.74, 6) is -1.77. The zero-order valence-electron chi connectivity index (χ0n) is 10.6. The van der Waals surface area contributed by atoms with E-state index in [4.69, 9.17) is 22.0 Å². The summed E-state index contributed by atoms with van der Waals surface area (Å²) in [7, 11) is 0. The van der Waals surface area contributed by atoms with Gasteiger partial charge in [0, 0.05) is 11.6 Å². The third-order valence-corrected chi connectivity index (χ3v) is 3.82. The van der Waals surface area contributed by atoms with Gasteiger partial charge in [0.15, 0.2) is 0 Å². The number of carbonyl (C=O) groups is 2. The number of aliphatic carboxylic acids is 1. The molecule has 2 rings (SSSR count). The molecule has 0 spiro atoms. The average molecular weight is 293 g/mol. The van der Waals surface area contributed by atoms with Gasteiger partial charge >= 0.3 is 5.97 Å². The second-order valence-electron chi connectivity index (χ2n) is 4.84. The molecule has 5 nitrogen and oxygen atoms in total. The molecule has 0 aromatic heterocycles. The Morgan fingerprint density at radius 3 is 2.60 bits per heavy atom. The quantitative estimate of drug-likeness (QED) is 0.896. The maximum Gasteiger partial charge on any atom is 0.306 e. The Labute approximate surface area is 121 Å². The van der Waals surface area contributed by atoms with Gasteiger partial charge in [-0.2, -0.15) is 5.26 Å². The molecule has 1 fully saturated rings. The number of nitriles is 1. The molecule has 2 N–H and O–H groups in total. The largest absolute Gasteiger partial charge is 0.481 e. The molecule has 0 heterocycles. The first-order valence-electron chi connectivity index (χ1n) is 6.24. The number of carboxylic acid groups (broad SMARTS) is 1. The minimum Gasteiger partial charge on any atom is -0.481 e. The molecule has 20 heavy (non-hydrogen) atoms. The summed E-state index contributed by atoms with van der Waals surface area (Å²) < 4.78 is 0. The molecule has 1 aliphatic carbocycles. The molecule has 0 aliphatic heterocycles. The van der Waals surface area contributed by atoms with Crippen molar-refractivity contribution in [2.75, 3.05) is 5.32 Å². The van der Waals surface area contributed by atoms with Gasteiger partial charge in [-0.05, 0) is 37.5 Å². The van der Waals surface area contributed by atoms with Crippen molar-refractivity contribution >= 4 is 29.2 Å². The van der Waals surface area contributed by atoms with Gasteiger partial charge in [-0.1, -0.05) is 11.6 Å². The second kappa shape index (κ2) is 5.93. The highest BCUT2D eigenvalue weighted by molar-refractivity contribution is 6.32.